The lowest BCUT2D eigenvalue weighted by molar-refractivity contribution is 0.181. The molecule has 1 aliphatic rings. The highest BCUT2D eigenvalue weighted by Gasteiger charge is 2.23. The van der Waals surface area contributed by atoms with Crippen molar-refractivity contribution >= 4 is 23.3 Å². The Balaban J connectivity index is 1.78. The summed E-state index contributed by atoms with van der Waals surface area (Å²) in [6.45, 7) is 2.90. The van der Waals surface area contributed by atoms with Gasteiger partial charge in [-0.15, -0.1) is 0 Å². The molecule has 2 heterocycles. The number of rotatable bonds is 4. The third kappa shape index (κ3) is 3.06. The summed E-state index contributed by atoms with van der Waals surface area (Å²) in [6.07, 6.45) is 1.39. The van der Waals surface area contributed by atoms with Crippen molar-refractivity contribution in [1.82, 2.24) is 4.98 Å². The molecular formula is C16H16N4O2. The van der Waals surface area contributed by atoms with Gasteiger partial charge in [-0.2, -0.15) is 5.10 Å². The van der Waals surface area contributed by atoms with Gasteiger partial charge in [-0.05, 0) is 36.8 Å². The SMILES string of the molecule is C/C(=N\Nc1ccccn1)c1cccc(N2CCOC2=O)c1. The number of nitrogens with one attached hydrogen (secondary N) is 1. The highest BCUT2D eigenvalue weighted by molar-refractivity contribution is 6.00. The lowest BCUT2D eigenvalue weighted by Crippen LogP contribution is -2.23. The zero-order valence-electron chi connectivity index (χ0n) is 12.2. The van der Waals surface area contributed by atoms with Crippen LogP contribution in [0.3, 0.4) is 0 Å². The number of nitrogens with zero attached hydrogens (tertiary/aromatic N) is 3. The van der Waals surface area contributed by atoms with Gasteiger partial charge >= 0.3 is 6.09 Å². The second-order valence-electron chi connectivity index (χ2n) is 4.84. The quantitative estimate of drug-likeness (QED) is 0.696. The Kier molecular flexibility index (Phi) is 4.00. The van der Waals surface area contributed by atoms with Crippen molar-refractivity contribution in [3.05, 3.63) is 54.2 Å². The molecule has 1 saturated heterocycles. The van der Waals surface area contributed by atoms with Crippen LogP contribution in [0.4, 0.5) is 16.3 Å². The van der Waals surface area contributed by atoms with E-state index >= 15 is 0 Å². The van der Waals surface area contributed by atoms with Gasteiger partial charge in [-0.3, -0.25) is 10.3 Å². The predicted molar refractivity (Wildman–Crippen MR) is 85.2 cm³/mol. The third-order valence-electron chi connectivity index (χ3n) is 3.34. The minimum atomic E-state index is -0.307. The van der Waals surface area contributed by atoms with Crippen molar-refractivity contribution in [3.8, 4) is 0 Å². The smallest absolute Gasteiger partial charge is 0.414 e. The molecule has 1 aromatic carbocycles. The zero-order valence-corrected chi connectivity index (χ0v) is 12.2. The van der Waals surface area contributed by atoms with Crippen LogP contribution < -0.4 is 10.3 Å². The van der Waals surface area contributed by atoms with Gasteiger partial charge < -0.3 is 4.74 Å². The summed E-state index contributed by atoms with van der Waals surface area (Å²) in [6, 6.07) is 13.2. The van der Waals surface area contributed by atoms with E-state index in [1.807, 2.05) is 49.4 Å². The van der Waals surface area contributed by atoms with Crippen molar-refractivity contribution in [2.75, 3.05) is 23.5 Å². The molecule has 0 saturated carbocycles. The molecule has 0 aliphatic carbocycles. The van der Waals surface area contributed by atoms with Gasteiger partial charge in [0.1, 0.15) is 12.4 Å². The molecule has 0 atom stereocenters. The van der Waals surface area contributed by atoms with E-state index in [4.69, 9.17) is 4.74 Å². The van der Waals surface area contributed by atoms with Crippen LogP contribution in [0, 0.1) is 0 Å². The normalized spacial score (nSPS) is 14.9. The number of hydrogen-bond donors (Lipinski definition) is 1. The number of carbonyl (C=O) groups excluding carboxylic acids is 1. The molecule has 2 aromatic rings. The number of amides is 1. The van der Waals surface area contributed by atoms with Crippen LogP contribution in [0.5, 0.6) is 0 Å². The molecule has 1 amide bonds. The largest absolute Gasteiger partial charge is 0.447 e. The average molecular weight is 296 g/mol. The van der Waals surface area contributed by atoms with Gasteiger partial charge in [0.2, 0.25) is 0 Å². The number of benzene rings is 1. The van der Waals surface area contributed by atoms with Gasteiger partial charge in [0.05, 0.1) is 12.3 Å². The number of pyridine rings is 1. The molecule has 0 spiro atoms. The molecule has 3 rings (SSSR count). The van der Waals surface area contributed by atoms with E-state index < -0.39 is 0 Å². The molecule has 0 bridgehead atoms. The van der Waals surface area contributed by atoms with Crippen LogP contribution in [-0.4, -0.2) is 29.9 Å². The maximum atomic E-state index is 11.6. The van der Waals surface area contributed by atoms with Gasteiger partial charge in [-0.1, -0.05) is 18.2 Å². The number of anilines is 2. The second-order valence-corrected chi connectivity index (χ2v) is 4.84. The van der Waals surface area contributed by atoms with Crippen molar-refractivity contribution < 1.29 is 9.53 Å². The van der Waals surface area contributed by atoms with Crippen molar-refractivity contribution in [2.24, 2.45) is 5.10 Å². The first-order valence-corrected chi connectivity index (χ1v) is 7.00. The molecular weight excluding hydrogens is 280 g/mol. The Morgan fingerprint density at radius 2 is 2.23 bits per heavy atom. The fourth-order valence-corrected chi connectivity index (χ4v) is 2.16. The summed E-state index contributed by atoms with van der Waals surface area (Å²) >= 11 is 0. The van der Waals surface area contributed by atoms with E-state index in [1.54, 1.807) is 11.1 Å². The minimum Gasteiger partial charge on any atom is -0.447 e. The van der Waals surface area contributed by atoms with E-state index in [9.17, 15) is 4.79 Å². The number of aromatic nitrogens is 1. The molecule has 1 N–H and O–H groups in total. The number of cyclic esters (lactones) is 1. The van der Waals surface area contributed by atoms with E-state index in [1.165, 1.54) is 0 Å². The van der Waals surface area contributed by atoms with Crippen LogP contribution >= 0.6 is 0 Å². The monoisotopic (exact) mass is 296 g/mol. The molecule has 6 heteroatoms. The Morgan fingerprint density at radius 3 is 2.95 bits per heavy atom. The summed E-state index contributed by atoms with van der Waals surface area (Å²) < 4.78 is 4.96. The summed E-state index contributed by atoms with van der Waals surface area (Å²) in [5.41, 5.74) is 5.46. The summed E-state index contributed by atoms with van der Waals surface area (Å²) in [7, 11) is 0. The number of carbonyl (C=O) groups is 1. The van der Waals surface area contributed by atoms with Gasteiger partial charge in [0.15, 0.2) is 0 Å². The molecule has 1 aliphatic heterocycles. The number of ether oxygens (including phenoxy) is 1. The highest BCUT2D eigenvalue weighted by Crippen LogP contribution is 2.20. The minimum absolute atomic E-state index is 0.307. The summed E-state index contributed by atoms with van der Waals surface area (Å²) in [5, 5.41) is 4.32. The Bertz CT molecular complexity index is 700. The first-order chi connectivity index (χ1) is 10.7. The molecule has 0 radical (unpaired) electrons. The third-order valence-corrected chi connectivity index (χ3v) is 3.34. The molecule has 0 unspecified atom stereocenters. The average Bonchev–Trinajstić information content (AvgIpc) is 3.00. The van der Waals surface area contributed by atoms with E-state index in [-0.39, 0.29) is 6.09 Å². The number of hydrogen-bond acceptors (Lipinski definition) is 5. The fraction of sp³-hybridized carbons (Fsp3) is 0.188. The predicted octanol–water partition coefficient (Wildman–Crippen LogP) is 2.87. The number of hydrazone groups is 1. The Labute approximate surface area is 128 Å². The maximum absolute atomic E-state index is 11.6. The Hall–Kier alpha value is -2.89. The molecule has 22 heavy (non-hydrogen) atoms. The maximum Gasteiger partial charge on any atom is 0.414 e. The van der Waals surface area contributed by atoms with Crippen LogP contribution in [0.15, 0.2) is 53.8 Å². The zero-order chi connectivity index (χ0) is 15.4. The molecule has 6 nitrogen and oxygen atoms in total. The Morgan fingerprint density at radius 1 is 1.32 bits per heavy atom. The van der Waals surface area contributed by atoms with Crippen molar-refractivity contribution in [3.63, 3.8) is 0 Å². The van der Waals surface area contributed by atoms with Gasteiger partial charge in [0, 0.05) is 11.9 Å². The summed E-state index contributed by atoms with van der Waals surface area (Å²) in [4.78, 5) is 17.4. The topological polar surface area (TPSA) is 66.8 Å². The van der Waals surface area contributed by atoms with Crippen LogP contribution in [0.2, 0.25) is 0 Å². The lowest BCUT2D eigenvalue weighted by atomic mass is 10.1. The van der Waals surface area contributed by atoms with Crippen LogP contribution in [-0.2, 0) is 4.74 Å². The van der Waals surface area contributed by atoms with Crippen LogP contribution in [0.25, 0.3) is 0 Å². The fourth-order valence-electron chi connectivity index (χ4n) is 2.16. The highest BCUT2D eigenvalue weighted by atomic mass is 16.6. The van der Waals surface area contributed by atoms with E-state index in [0.29, 0.717) is 19.0 Å². The van der Waals surface area contributed by atoms with E-state index in [0.717, 1.165) is 17.0 Å². The molecule has 112 valence electrons. The molecule has 1 fully saturated rings. The second kappa shape index (κ2) is 6.26. The standard InChI is InChI=1S/C16H16N4O2/c1-12(18-19-15-7-2-3-8-17-15)13-5-4-6-14(11-13)20-9-10-22-16(20)21/h2-8,11H,9-10H2,1H3,(H,17,19)/b18-12+. The van der Waals surface area contributed by atoms with Gasteiger partial charge in [0.25, 0.3) is 0 Å². The first kappa shape index (κ1) is 14.1. The summed E-state index contributed by atoms with van der Waals surface area (Å²) in [5.74, 6) is 0.682. The first-order valence-electron chi connectivity index (χ1n) is 7.00. The van der Waals surface area contributed by atoms with Crippen molar-refractivity contribution in [1.29, 1.82) is 0 Å². The lowest BCUT2D eigenvalue weighted by Gasteiger charge is -2.13. The molecule has 1 aromatic heterocycles. The van der Waals surface area contributed by atoms with Gasteiger partial charge in [-0.25, -0.2) is 9.78 Å². The van der Waals surface area contributed by atoms with E-state index in [2.05, 4.69) is 15.5 Å². The van der Waals surface area contributed by atoms with Crippen molar-refractivity contribution in [2.45, 2.75) is 6.92 Å². The van der Waals surface area contributed by atoms with Crippen LogP contribution in [0.1, 0.15) is 12.5 Å².